The third kappa shape index (κ3) is 6.00. The number of aryl methyl sites for hydroxylation is 1. The van der Waals surface area contributed by atoms with E-state index < -0.39 is 30.1 Å². The van der Waals surface area contributed by atoms with Crippen molar-refractivity contribution in [2.45, 2.75) is 32.2 Å². The van der Waals surface area contributed by atoms with Gasteiger partial charge >= 0.3 is 6.18 Å². The van der Waals surface area contributed by atoms with Crippen molar-refractivity contribution in [3.05, 3.63) is 52.6 Å². The van der Waals surface area contributed by atoms with Gasteiger partial charge in [0.15, 0.2) is 12.4 Å². The van der Waals surface area contributed by atoms with Crippen LogP contribution in [-0.4, -0.2) is 77.0 Å². The van der Waals surface area contributed by atoms with Crippen LogP contribution in [-0.2, 0) is 20.5 Å². The fourth-order valence-corrected chi connectivity index (χ4v) is 5.20. The highest BCUT2D eigenvalue weighted by Crippen LogP contribution is 2.43. The Morgan fingerprint density at radius 3 is 2.51 bits per heavy atom. The van der Waals surface area contributed by atoms with E-state index in [0.717, 1.165) is 17.3 Å². The minimum absolute atomic E-state index is 0.107. The van der Waals surface area contributed by atoms with Crippen molar-refractivity contribution >= 4 is 34.7 Å². The Hall–Kier alpha value is -4.11. The normalized spacial score (nSPS) is 18.1. The molecule has 41 heavy (non-hydrogen) atoms. The maximum absolute atomic E-state index is 13.4. The lowest BCUT2D eigenvalue weighted by Gasteiger charge is -2.36. The summed E-state index contributed by atoms with van der Waals surface area (Å²) in [7, 11) is 1.65. The first kappa shape index (κ1) is 28.4. The summed E-state index contributed by atoms with van der Waals surface area (Å²) in [4.78, 5) is 53.4. The topological polar surface area (TPSA) is 127 Å². The lowest BCUT2D eigenvalue weighted by Crippen LogP contribution is -2.51. The van der Waals surface area contributed by atoms with E-state index in [1.54, 1.807) is 26.2 Å². The number of thiazole rings is 1. The van der Waals surface area contributed by atoms with Gasteiger partial charge < -0.3 is 24.6 Å². The Morgan fingerprint density at radius 1 is 1.15 bits per heavy atom. The molecule has 0 radical (unpaired) electrons. The molecule has 216 valence electrons. The number of fused-ring (bicyclic) bond motifs is 1. The summed E-state index contributed by atoms with van der Waals surface area (Å²) >= 11 is 1.38. The van der Waals surface area contributed by atoms with Crippen LogP contribution in [0.25, 0.3) is 10.6 Å². The molecule has 1 saturated heterocycles. The number of rotatable bonds is 6. The number of morpholine rings is 1. The smallest absolute Gasteiger partial charge is 0.451 e. The minimum atomic E-state index is -4.68. The highest BCUT2D eigenvalue weighted by molar-refractivity contribution is 7.15. The van der Waals surface area contributed by atoms with E-state index in [-0.39, 0.29) is 49.2 Å². The van der Waals surface area contributed by atoms with Gasteiger partial charge in [-0.3, -0.25) is 14.4 Å². The van der Waals surface area contributed by atoms with Crippen LogP contribution in [0.3, 0.4) is 0 Å². The molecule has 11 nitrogen and oxygen atoms in total. The maximum atomic E-state index is 13.4. The van der Waals surface area contributed by atoms with Crippen molar-refractivity contribution < 1.29 is 37.0 Å². The van der Waals surface area contributed by atoms with Crippen LogP contribution in [0.15, 0.2) is 30.7 Å². The zero-order valence-electron chi connectivity index (χ0n) is 22.2. The molecule has 2 aliphatic heterocycles. The number of carbonyl (C=O) groups is 3. The summed E-state index contributed by atoms with van der Waals surface area (Å²) in [6.07, 6.45) is -1.44. The van der Waals surface area contributed by atoms with Gasteiger partial charge in [0.05, 0.1) is 29.9 Å². The standard InChI is InChI=1S/C26H25F3N6O5S/c1-13-6-30-24(41-13)18-4-15(23(38)33-14(2)16-7-31-25(32-8-16)26(27,28)29)5-19-22(18)40-12-21(37)35(19)10-17-9-34(3)20(36)11-39-17/h4-8,14,17H,9-12H2,1-3H3,(H,33,38)/t14?,17-/m0/s1. The van der Waals surface area contributed by atoms with Gasteiger partial charge in [-0.1, -0.05) is 0 Å². The molecule has 2 atom stereocenters. The van der Waals surface area contributed by atoms with Crippen LogP contribution in [0.4, 0.5) is 18.9 Å². The Morgan fingerprint density at radius 2 is 1.88 bits per heavy atom. The molecule has 2 aromatic heterocycles. The molecule has 1 unspecified atom stereocenters. The number of ether oxygens (including phenoxy) is 2. The third-order valence-electron chi connectivity index (χ3n) is 6.62. The second-order valence-electron chi connectivity index (χ2n) is 9.68. The second kappa shape index (κ2) is 11.0. The molecule has 0 bridgehead atoms. The molecule has 0 aliphatic carbocycles. The zero-order valence-corrected chi connectivity index (χ0v) is 23.0. The molecule has 15 heteroatoms. The number of amides is 3. The molecule has 5 rings (SSSR count). The third-order valence-corrected chi connectivity index (χ3v) is 7.57. The number of benzene rings is 1. The number of anilines is 1. The van der Waals surface area contributed by atoms with Gasteiger partial charge in [0.2, 0.25) is 11.7 Å². The van der Waals surface area contributed by atoms with Gasteiger partial charge in [0, 0.05) is 48.2 Å². The van der Waals surface area contributed by atoms with Crippen molar-refractivity contribution in [1.82, 2.24) is 25.2 Å². The Balaban J connectivity index is 1.47. The molecule has 3 amide bonds. The van der Waals surface area contributed by atoms with E-state index in [0.29, 0.717) is 22.0 Å². The SMILES string of the molecule is Cc1cnc(-c2cc(C(=O)NC(C)c3cnc(C(F)(F)F)nc3)cc3c2OCC(=O)N3C[C@@H]2CN(C)C(=O)CO2)s1. The molecule has 1 fully saturated rings. The fourth-order valence-electron chi connectivity index (χ4n) is 4.43. The van der Waals surface area contributed by atoms with E-state index in [1.807, 2.05) is 6.92 Å². The van der Waals surface area contributed by atoms with Gasteiger partial charge in [-0.2, -0.15) is 13.2 Å². The number of nitrogens with one attached hydrogen (secondary N) is 1. The number of aromatic nitrogens is 3. The number of carbonyl (C=O) groups excluding carboxylic acids is 3. The van der Waals surface area contributed by atoms with Crippen molar-refractivity contribution in [2.24, 2.45) is 0 Å². The van der Waals surface area contributed by atoms with E-state index in [9.17, 15) is 27.6 Å². The van der Waals surface area contributed by atoms with Crippen LogP contribution in [0.5, 0.6) is 5.75 Å². The number of nitrogens with zero attached hydrogens (tertiary/aromatic N) is 5. The molecule has 0 spiro atoms. The zero-order chi connectivity index (χ0) is 29.5. The molecule has 1 N–H and O–H groups in total. The Labute approximate surface area is 236 Å². The number of likely N-dealkylation sites (N-methyl/N-ethyl adjacent to an activating group) is 1. The average molecular weight is 591 g/mol. The lowest BCUT2D eigenvalue weighted by molar-refractivity contribution is -0.146. The summed E-state index contributed by atoms with van der Waals surface area (Å²) < 4.78 is 50.0. The first-order valence-corrected chi connectivity index (χ1v) is 13.3. The van der Waals surface area contributed by atoms with Crippen molar-refractivity contribution in [1.29, 1.82) is 0 Å². The van der Waals surface area contributed by atoms with E-state index in [2.05, 4.69) is 20.3 Å². The largest absolute Gasteiger partial charge is 0.481 e. The summed E-state index contributed by atoms with van der Waals surface area (Å²) in [5.41, 5.74) is 1.29. The molecule has 0 saturated carbocycles. The number of alkyl halides is 3. The van der Waals surface area contributed by atoms with Crippen LogP contribution >= 0.6 is 11.3 Å². The van der Waals surface area contributed by atoms with Gasteiger partial charge in [-0.05, 0) is 26.0 Å². The highest BCUT2D eigenvalue weighted by Gasteiger charge is 2.36. The summed E-state index contributed by atoms with van der Waals surface area (Å²) in [6.45, 7) is 3.53. The van der Waals surface area contributed by atoms with E-state index in [4.69, 9.17) is 9.47 Å². The van der Waals surface area contributed by atoms with Gasteiger partial charge in [0.25, 0.3) is 11.8 Å². The summed E-state index contributed by atoms with van der Waals surface area (Å²) in [6, 6.07) is 2.38. The number of hydrogen-bond donors (Lipinski definition) is 1. The Kier molecular flexibility index (Phi) is 7.66. The molecular formula is C26H25F3N6O5S. The van der Waals surface area contributed by atoms with Crippen molar-refractivity contribution in [3.8, 4) is 16.3 Å². The first-order valence-electron chi connectivity index (χ1n) is 12.5. The van der Waals surface area contributed by atoms with Crippen molar-refractivity contribution in [2.75, 3.05) is 38.3 Å². The predicted octanol–water partition coefficient (Wildman–Crippen LogP) is 3.00. The van der Waals surface area contributed by atoms with Crippen LogP contribution < -0.4 is 15.0 Å². The molecule has 3 aromatic rings. The summed E-state index contributed by atoms with van der Waals surface area (Å²) in [5.74, 6) is -1.97. The molecule has 4 heterocycles. The van der Waals surface area contributed by atoms with E-state index >= 15 is 0 Å². The predicted molar refractivity (Wildman–Crippen MR) is 140 cm³/mol. The lowest BCUT2D eigenvalue weighted by atomic mass is 10.0. The minimum Gasteiger partial charge on any atom is -0.481 e. The molecule has 1 aromatic carbocycles. The van der Waals surface area contributed by atoms with E-state index in [1.165, 1.54) is 27.2 Å². The van der Waals surface area contributed by atoms with Gasteiger partial charge in [-0.15, -0.1) is 11.3 Å². The van der Waals surface area contributed by atoms with Gasteiger partial charge in [-0.25, -0.2) is 15.0 Å². The van der Waals surface area contributed by atoms with Gasteiger partial charge in [0.1, 0.15) is 11.6 Å². The first-order chi connectivity index (χ1) is 19.4. The van der Waals surface area contributed by atoms with Crippen molar-refractivity contribution in [3.63, 3.8) is 0 Å². The second-order valence-corrected chi connectivity index (χ2v) is 10.9. The number of halogens is 3. The van der Waals surface area contributed by atoms with Crippen LogP contribution in [0.2, 0.25) is 0 Å². The average Bonchev–Trinajstić information content (AvgIpc) is 3.37. The molecular weight excluding hydrogens is 565 g/mol. The monoisotopic (exact) mass is 590 g/mol. The maximum Gasteiger partial charge on any atom is 0.451 e. The van der Waals surface area contributed by atoms with Crippen LogP contribution in [0.1, 0.15) is 39.6 Å². The summed E-state index contributed by atoms with van der Waals surface area (Å²) in [5, 5.41) is 3.32. The fraction of sp³-hybridized carbons (Fsp3) is 0.385. The number of hydrogen-bond acceptors (Lipinski definition) is 9. The quantitative estimate of drug-likeness (QED) is 0.465. The van der Waals surface area contributed by atoms with Crippen LogP contribution in [0, 0.1) is 6.92 Å². The highest BCUT2D eigenvalue weighted by atomic mass is 32.1. The molecule has 2 aliphatic rings. The Bertz CT molecular complexity index is 1500.